The molecule has 0 spiro atoms. The number of nitrogens with one attached hydrogen (secondary N) is 1. The molecule has 0 atom stereocenters. The van der Waals surface area contributed by atoms with Gasteiger partial charge in [0.25, 0.3) is 5.91 Å². The molecule has 1 radical (unpaired) electrons. The number of amides is 1. The minimum absolute atomic E-state index is 0. The van der Waals surface area contributed by atoms with Crippen molar-refractivity contribution in [1.29, 1.82) is 0 Å². The third-order valence-corrected chi connectivity index (χ3v) is 5.85. The summed E-state index contributed by atoms with van der Waals surface area (Å²) in [4.78, 5) is 13.1. The Hall–Kier alpha value is -1.03. The van der Waals surface area contributed by atoms with Crippen molar-refractivity contribution >= 4 is 11.6 Å². The summed E-state index contributed by atoms with van der Waals surface area (Å²) in [5.74, 6) is 0.143. The van der Waals surface area contributed by atoms with Gasteiger partial charge in [0.05, 0.1) is 13.1 Å². The van der Waals surface area contributed by atoms with Gasteiger partial charge < -0.3 is 9.80 Å². The molecule has 1 N–H and O–H groups in total. The summed E-state index contributed by atoms with van der Waals surface area (Å²) < 4.78 is 0.876. The maximum atomic E-state index is 13.1. The summed E-state index contributed by atoms with van der Waals surface area (Å²) in [6, 6.07) is 16.8. The normalized spacial score (nSPS) is 15.8. The standard InChI is InChI=1S/C24H32N2O.CH4.Y/c1-20-12-11-13-21(2)24(20)25-23(27)19-26(16-9-4-3-5-10-17-26)18-22-14-7-6-8-15-22;;/h6-8,11-15H,3-5,9-10,16-19H2,1-2H3;1H4;/p+1. The molecule has 0 aromatic heterocycles. The number of carbonyl (C=O) groups excluding carboxylic acids is 1. The van der Waals surface area contributed by atoms with Gasteiger partial charge in [-0.15, -0.1) is 0 Å². The van der Waals surface area contributed by atoms with E-state index in [4.69, 9.17) is 0 Å². The zero-order valence-electron chi connectivity index (χ0n) is 17.4. The number of benzene rings is 2. The molecule has 3 rings (SSSR count). The Balaban J connectivity index is 0.00000210. The Bertz CT molecular complexity index is 732. The number of likely N-dealkylation sites (tertiary alicyclic amines) is 1. The van der Waals surface area contributed by atoms with Crippen LogP contribution in [0.3, 0.4) is 0 Å². The number of rotatable bonds is 5. The summed E-state index contributed by atoms with van der Waals surface area (Å²) >= 11 is 0. The fourth-order valence-electron chi connectivity index (χ4n) is 4.37. The molecule has 1 saturated heterocycles. The fourth-order valence-corrected chi connectivity index (χ4v) is 4.37. The molecule has 2 aromatic carbocycles. The van der Waals surface area contributed by atoms with Crippen LogP contribution in [0.1, 0.15) is 56.2 Å². The molecule has 1 heterocycles. The van der Waals surface area contributed by atoms with Crippen molar-refractivity contribution in [2.24, 2.45) is 0 Å². The second kappa shape index (κ2) is 12.6. The van der Waals surface area contributed by atoms with E-state index < -0.39 is 0 Å². The van der Waals surface area contributed by atoms with Crippen LogP contribution in [0.2, 0.25) is 0 Å². The maximum Gasteiger partial charge on any atom is 0.279 e. The number of para-hydroxylation sites is 1. The van der Waals surface area contributed by atoms with Crippen LogP contribution in [-0.4, -0.2) is 30.0 Å². The molecule has 2 aromatic rings. The number of carbonyl (C=O) groups is 1. The van der Waals surface area contributed by atoms with E-state index in [2.05, 4.69) is 61.6 Å². The largest absolute Gasteiger partial charge is 0.321 e. The monoisotopic (exact) mass is 470 g/mol. The molecule has 0 aliphatic carbocycles. The molecule has 0 bridgehead atoms. The van der Waals surface area contributed by atoms with E-state index in [9.17, 15) is 4.79 Å². The van der Waals surface area contributed by atoms with Crippen LogP contribution >= 0.6 is 0 Å². The Morgan fingerprint density at radius 2 is 1.41 bits per heavy atom. The average Bonchev–Trinajstić information content (AvgIpc) is 2.63. The Labute approximate surface area is 202 Å². The summed E-state index contributed by atoms with van der Waals surface area (Å²) in [5.41, 5.74) is 4.57. The van der Waals surface area contributed by atoms with E-state index in [-0.39, 0.29) is 46.0 Å². The van der Waals surface area contributed by atoms with Crippen LogP contribution in [0.5, 0.6) is 0 Å². The van der Waals surface area contributed by atoms with Crippen LogP contribution in [-0.2, 0) is 44.0 Å². The van der Waals surface area contributed by atoms with Gasteiger partial charge in [0.15, 0.2) is 6.54 Å². The minimum atomic E-state index is 0. The van der Waals surface area contributed by atoms with Gasteiger partial charge in [-0.2, -0.15) is 0 Å². The summed E-state index contributed by atoms with van der Waals surface area (Å²) in [5, 5.41) is 3.22. The van der Waals surface area contributed by atoms with Crippen molar-refractivity contribution in [3.8, 4) is 0 Å². The van der Waals surface area contributed by atoms with Gasteiger partial charge in [0.2, 0.25) is 0 Å². The topological polar surface area (TPSA) is 29.1 Å². The third kappa shape index (κ3) is 7.62. The van der Waals surface area contributed by atoms with Gasteiger partial charge in [-0.3, -0.25) is 4.79 Å². The number of hydrogen-bond donors (Lipinski definition) is 1. The third-order valence-electron chi connectivity index (χ3n) is 5.85. The van der Waals surface area contributed by atoms with Gasteiger partial charge in [0.1, 0.15) is 6.54 Å². The molecule has 1 amide bonds. The minimum Gasteiger partial charge on any atom is -0.321 e. The van der Waals surface area contributed by atoms with Crippen LogP contribution in [0.15, 0.2) is 48.5 Å². The van der Waals surface area contributed by atoms with Gasteiger partial charge in [0, 0.05) is 44.0 Å². The molecule has 1 aliphatic heterocycles. The molecule has 1 aliphatic rings. The fraction of sp³-hybridized carbons (Fsp3) is 0.480. The predicted octanol–water partition coefficient (Wildman–Crippen LogP) is 5.86. The quantitative estimate of drug-likeness (QED) is 0.546. The Morgan fingerprint density at radius 1 is 0.862 bits per heavy atom. The van der Waals surface area contributed by atoms with E-state index in [1.807, 2.05) is 6.07 Å². The zero-order valence-corrected chi connectivity index (χ0v) is 20.3. The first-order chi connectivity index (χ1) is 13.1. The first-order valence-electron chi connectivity index (χ1n) is 10.3. The smallest absolute Gasteiger partial charge is 0.279 e. The van der Waals surface area contributed by atoms with E-state index in [1.165, 1.54) is 37.7 Å². The van der Waals surface area contributed by atoms with Crippen molar-refractivity contribution in [2.45, 2.75) is 59.9 Å². The molecular weight excluding hydrogens is 433 g/mol. The van der Waals surface area contributed by atoms with Gasteiger partial charge in [-0.1, -0.05) is 62.4 Å². The molecule has 1 fully saturated rings. The van der Waals surface area contributed by atoms with Crippen molar-refractivity contribution in [3.05, 3.63) is 65.2 Å². The number of quaternary nitrogens is 1. The summed E-state index contributed by atoms with van der Waals surface area (Å²) in [6.45, 7) is 7.81. The van der Waals surface area contributed by atoms with Crippen LogP contribution < -0.4 is 5.32 Å². The van der Waals surface area contributed by atoms with Gasteiger partial charge >= 0.3 is 0 Å². The average molecular weight is 470 g/mol. The van der Waals surface area contributed by atoms with Crippen LogP contribution in [0.4, 0.5) is 5.69 Å². The molecule has 29 heavy (non-hydrogen) atoms. The first-order valence-corrected chi connectivity index (χ1v) is 10.3. The zero-order chi connectivity index (χ0) is 19.1. The molecule has 155 valence electrons. The van der Waals surface area contributed by atoms with Crippen LogP contribution in [0.25, 0.3) is 0 Å². The number of nitrogens with zero attached hydrogens (tertiary/aromatic N) is 1. The van der Waals surface area contributed by atoms with E-state index in [0.717, 1.165) is 40.9 Å². The summed E-state index contributed by atoms with van der Waals surface area (Å²) in [6.07, 6.45) is 6.33. The van der Waals surface area contributed by atoms with Crippen molar-refractivity contribution in [1.82, 2.24) is 0 Å². The van der Waals surface area contributed by atoms with Crippen molar-refractivity contribution < 1.29 is 42.0 Å². The van der Waals surface area contributed by atoms with Crippen LogP contribution in [0, 0.1) is 13.8 Å². The predicted molar refractivity (Wildman–Crippen MR) is 119 cm³/mol. The van der Waals surface area contributed by atoms with Crippen molar-refractivity contribution in [3.63, 3.8) is 0 Å². The maximum absolute atomic E-state index is 13.1. The second-order valence-electron chi connectivity index (χ2n) is 8.17. The summed E-state index contributed by atoms with van der Waals surface area (Å²) in [7, 11) is 0. The Kier molecular flexibility index (Phi) is 11.3. The molecule has 0 unspecified atom stereocenters. The van der Waals surface area contributed by atoms with E-state index in [0.29, 0.717) is 6.54 Å². The van der Waals surface area contributed by atoms with Crippen molar-refractivity contribution in [2.75, 3.05) is 25.0 Å². The number of aryl methyl sites for hydroxylation is 2. The molecule has 3 nitrogen and oxygen atoms in total. The van der Waals surface area contributed by atoms with E-state index >= 15 is 0 Å². The Morgan fingerprint density at radius 3 is 2.00 bits per heavy atom. The van der Waals surface area contributed by atoms with Gasteiger partial charge in [-0.05, 0) is 50.7 Å². The number of anilines is 1. The SMILES string of the molecule is C.Cc1cccc(C)c1NC(=O)C[N+]1(Cc2ccccc2)CCCCCCC1.[Y]. The van der Waals surface area contributed by atoms with Gasteiger partial charge in [-0.25, -0.2) is 0 Å². The second-order valence-corrected chi connectivity index (χ2v) is 8.17. The number of hydrogen-bond acceptors (Lipinski definition) is 1. The molecule has 0 saturated carbocycles. The molecular formula is C25H37N2OY+. The van der Waals surface area contributed by atoms with E-state index in [1.54, 1.807) is 0 Å². The molecule has 4 heteroatoms. The first kappa shape index (κ1) is 26.0.